The number of fused-ring (bicyclic) bond motifs is 1. The van der Waals surface area contributed by atoms with Crippen LogP contribution in [-0.4, -0.2) is 33.3 Å². The summed E-state index contributed by atoms with van der Waals surface area (Å²) in [5.41, 5.74) is 4.82. The van der Waals surface area contributed by atoms with E-state index in [1.54, 1.807) is 18.2 Å². The van der Waals surface area contributed by atoms with E-state index in [0.717, 1.165) is 39.4 Å². The van der Waals surface area contributed by atoms with Gasteiger partial charge >= 0.3 is 11.9 Å². The lowest BCUT2D eigenvalue weighted by atomic mass is 9.98. The van der Waals surface area contributed by atoms with Crippen molar-refractivity contribution in [2.75, 3.05) is 6.61 Å². The van der Waals surface area contributed by atoms with E-state index in [4.69, 9.17) is 21.4 Å². The van der Waals surface area contributed by atoms with E-state index in [0.29, 0.717) is 17.2 Å². The van der Waals surface area contributed by atoms with E-state index in [9.17, 15) is 14.7 Å². The van der Waals surface area contributed by atoms with Crippen molar-refractivity contribution in [1.82, 2.24) is 4.57 Å². The predicted molar refractivity (Wildman–Crippen MR) is 156 cm³/mol. The Balaban J connectivity index is 1.64. The quantitative estimate of drug-likeness (QED) is 0.177. The van der Waals surface area contributed by atoms with Crippen LogP contribution in [0.15, 0.2) is 109 Å². The van der Waals surface area contributed by atoms with Gasteiger partial charge in [-0.3, -0.25) is 0 Å². The topological polar surface area (TPSA) is 88.8 Å². The number of rotatable bonds is 10. The fraction of sp³-hybridized carbons (Fsp3) is 0.0909. The first kappa shape index (κ1) is 26.8. The molecule has 1 heterocycles. The first-order chi connectivity index (χ1) is 19.4. The Labute approximate surface area is 236 Å². The molecule has 1 aromatic heterocycles. The molecule has 40 heavy (non-hydrogen) atoms. The molecule has 5 aromatic rings. The van der Waals surface area contributed by atoms with E-state index in [1.807, 2.05) is 54.6 Å². The molecule has 0 radical (unpaired) electrons. The Morgan fingerprint density at radius 1 is 0.850 bits per heavy atom. The van der Waals surface area contributed by atoms with E-state index in [-0.39, 0.29) is 18.2 Å². The van der Waals surface area contributed by atoms with Crippen LogP contribution in [0.2, 0.25) is 5.02 Å². The SMILES string of the molecule is O=C(O)/C=C/c1c(CCOc2ccc(C(=O)O)cc2)c2cc(Cl)ccc2n1C(c1ccccc1)c1ccccc1. The summed E-state index contributed by atoms with van der Waals surface area (Å²) in [6, 6.07) is 31.8. The van der Waals surface area contributed by atoms with Crippen LogP contribution in [-0.2, 0) is 11.2 Å². The van der Waals surface area contributed by atoms with Crippen LogP contribution >= 0.6 is 11.6 Å². The van der Waals surface area contributed by atoms with Crippen LogP contribution in [0.25, 0.3) is 17.0 Å². The Bertz CT molecular complexity index is 1640. The van der Waals surface area contributed by atoms with Gasteiger partial charge < -0.3 is 19.5 Å². The van der Waals surface area contributed by atoms with Gasteiger partial charge in [-0.25, -0.2) is 9.59 Å². The Morgan fingerprint density at radius 3 is 2.05 bits per heavy atom. The number of carboxylic acid groups (broad SMARTS) is 2. The van der Waals surface area contributed by atoms with Gasteiger partial charge in [-0.2, -0.15) is 0 Å². The Kier molecular flexibility index (Phi) is 7.99. The van der Waals surface area contributed by atoms with Gasteiger partial charge in [0.2, 0.25) is 0 Å². The van der Waals surface area contributed by atoms with Gasteiger partial charge in [0.15, 0.2) is 0 Å². The zero-order valence-electron chi connectivity index (χ0n) is 21.4. The summed E-state index contributed by atoms with van der Waals surface area (Å²) < 4.78 is 8.13. The maximum atomic E-state index is 11.7. The van der Waals surface area contributed by atoms with Gasteiger partial charge in [0.05, 0.1) is 18.2 Å². The predicted octanol–water partition coefficient (Wildman–Crippen LogP) is 7.35. The Morgan fingerprint density at radius 2 is 1.48 bits per heavy atom. The summed E-state index contributed by atoms with van der Waals surface area (Å²) in [6.45, 7) is 0.285. The summed E-state index contributed by atoms with van der Waals surface area (Å²) in [5, 5.41) is 20.2. The molecule has 0 fully saturated rings. The third kappa shape index (κ3) is 5.77. The maximum Gasteiger partial charge on any atom is 0.335 e. The summed E-state index contributed by atoms with van der Waals surface area (Å²) in [4.78, 5) is 22.8. The standard InChI is InChI=1S/C33H26ClNO5/c34-25-13-16-30-28(21-25)27(19-20-40-26-14-11-24(12-15-26)33(38)39)29(17-18-31(36)37)35(30)32(22-7-3-1-4-8-22)23-9-5-2-6-10-23/h1-18,21,32H,19-20H2,(H,36,37)(H,38,39)/b18-17+. The van der Waals surface area contributed by atoms with Crippen LogP contribution in [0, 0.1) is 0 Å². The molecule has 2 N–H and O–H groups in total. The lowest BCUT2D eigenvalue weighted by Gasteiger charge is -2.24. The molecule has 200 valence electrons. The highest BCUT2D eigenvalue weighted by Gasteiger charge is 2.24. The molecule has 5 rings (SSSR count). The first-order valence-corrected chi connectivity index (χ1v) is 13.1. The molecule has 4 aromatic carbocycles. The highest BCUT2D eigenvalue weighted by Crippen LogP contribution is 2.38. The van der Waals surface area contributed by atoms with Gasteiger partial charge in [-0.05, 0) is 65.2 Å². The maximum absolute atomic E-state index is 11.7. The number of aromatic carboxylic acids is 1. The molecule has 0 unspecified atom stereocenters. The van der Waals surface area contributed by atoms with E-state index < -0.39 is 11.9 Å². The zero-order valence-corrected chi connectivity index (χ0v) is 22.2. The number of hydrogen-bond donors (Lipinski definition) is 2. The number of nitrogens with zero attached hydrogens (tertiary/aromatic N) is 1. The summed E-state index contributed by atoms with van der Waals surface area (Å²) in [7, 11) is 0. The van der Waals surface area contributed by atoms with E-state index in [2.05, 4.69) is 28.8 Å². The average Bonchev–Trinajstić information content (AvgIpc) is 3.25. The lowest BCUT2D eigenvalue weighted by Crippen LogP contribution is -2.14. The molecule has 0 saturated heterocycles. The minimum Gasteiger partial charge on any atom is -0.493 e. The second kappa shape index (κ2) is 11.9. The van der Waals surface area contributed by atoms with Crippen molar-refractivity contribution in [2.45, 2.75) is 12.5 Å². The number of halogens is 1. The fourth-order valence-corrected chi connectivity index (χ4v) is 5.14. The van der Waals surface area contributed by atoms with Crippen LogP contribution in [0.1, 0.15) is 38.8 Å². The third-order valence-electron chi connectivity index (χ3n) is 6.71. The molecular weight excluding hydrogens is 526 g/mol. The van der Waals surface area contributed by atoms with Crippen molar-refractivity contribution in [1.29, 1.82) is 0 Å². The average molecular weight is 552 g/mol. The molecular formula is C33H26ClNO5. The first-order valence-electron chi connectivity index (χ1n) is 12.7. The van der Waals surface area contributed by atoms with Crippen LogP contribution in [0.4, 0.5) is 0 Å². The second-order valence-electron chi connectivity index (χ2n) is 9.22. The van der Waals surface area contributed by atoms with Crippen molar-refractivity contribution >= 4 is 40.5 Å². The number of aromatic nitrogens is 1. The molecule has 0 amide bonds. The minimum atomic E-state index is -1.05. The smallest absolute Gasteiger partial charge is 0.335 e. The minimum absolute atomic E-state index is 0.180. The molecule has 0 spiro atoms. The largest absolute Gasteiger partial charge is 0.493 e. The number of aliphatic carboxylic acids is 1. The molecule has 0 atom stereocenters. The fourth-order valence-electron chi connectivity index (χ4n) is 4.97. The van der Waals surface area contributed by atoms with Crippen molar-refractivity contribution in [2.24, 2.45) is 0 Å². The highest BCUT2D eigenvalue weighted by molar-refractivity contribution is 6.31. The third-order valence-corrected chi connectivity index (χ3v) is 6.94. The molecule has 0 aliphatic rings. The molecule has 0 aliphatic carbocycles. The number of carboxylic acids is 2. The number of hydrogen-bond acceptors (Lipinski definition) is 3. The zero-order chi connectivity index (χ0) is 28.1. The van der Waals surface area contributed by atoms with Gasteiger partial charge in [0, 0.05) is 34.1 Å². The van der Waals surface area contributed by atoms with E-state index >= 15 is 0 Å². The number of ether oxygens (including phenoxy) is 1. The van der Waals surface area contributed by atoms with Crippen molar-refractivity contribution < 1.29 is 24.5 Å². The lowest BCUT2D eigenvalue weighted by molar-refractivity contribution is -0.131. The summed E-state index contributed by atoms with van der Waals surface area (Å²) >= 11 is 6.46. The van der Waals surface area contributed by atoms with Crippen molar-refractivity contribution in [3.05, 3.63) is 142 Å². The molecule has 0 saturated carbocycles. The van der Waals surface area contributed by atoms with Crippen molar-refractivity contribution in [3.63, 3.8) is 0 Å². The molecule has 6 nitrogen and oxygen atoms in total. The second-order valence-corrected chi connectivity index (χ2v) is 9.66. The summed E-state index contributed by atoms with van der Waals surface area (Å²) in [5.74, 6) is -1.51. The Hall–Kier alpha value is -4.81. The van der Waals surface area contributed by atoms with Crippen LogP contribution in [0.5, 0.6) is 5.75 Å². The van der Waals surface area contributed by atoms with Gasteiger partial charge in [0.1, 0.15) is 5.75 Å². The normalized spacial score (nSPS) is 11.3. The molecule has 7 heteroatoms. The number of benzene rings is 4. The summed E-state index contributed by atoms with van der Waals surface area (Å²) in [6.07, 6.45) is 3.24. The molecule has 0 aliphatic heterocycles. The molecule has 0 bridgehead atoms. The monoisotopic (exact) mass is 551 g/mol. The van der Waals surface area contributed by atoms with Gasteiger partial charge in [-0.15, -0.1) is 0 Å². The van der Waals surface area contributed by atoms with Crippen molar-refractivity contribution in [3.8, 4) is 5.75 Å². The van der Waals surface area contributed by atoms with Crippen LogP contribution < -0.4 is 4.74 Å². The highest BCUT2D eigenvalue weighted by atomic mass is 35.5. The number of carbonyl (C=O) groups is 2. The van der Waals surface area contributed by atoms with Gasteiger partial charge in [-0.1, -0.05) is 72.3 Å². The van der Waals surface area contributed by atoms with Crippen LogP contribution in [0.3, 0.4) is 0 Å². The van der Waals surface area contributed by atoms with E-state index in [1.165, 1.54) is 12.1 Å². The van der Waals surface area contributed by atoms with Gasteiger partial charge in [0.25, 0.3) is 0 Å².